The van der Waals surface area contributed by atoms with Gasteiger partial charge in [-0.3, -0.25) is 20.4 Å². The zero-order chi connectivity index (χ0) is 17.4. The molecule has 0 unspecified atom stereocenters. The lowest BCUT2D eigenvalue weighted by Crippen LogP contribution is -2.46. The second-order valence-electron chi connectivity index (χ2n) is 4.91. The zero-order valence-electron chi connectivity index (χ0n) is 13.0. The third kappa shape index (κ3) is 5.24. The van der Waals surface area contributed by atoms with Crippen LogP contribution >= 0.6 is 0 Å². The van der Waals surface area contributed by atoms with Gasteiger partial charge in [0.25, 0.3) is 11.8 Å². The molecule has 124 valence electrons. The largest absolute Gasteiger partial charge is 0.478 e. The van der Waals surface area contributed by atoms with Gasteiger partial charge in [0, 0.05) is 6.08 Å². The van der Waals surface area contributed by atoms with E-state index in [1.54, 1.807) is 12.1 Å². The first-order valence-electron chi connectivity index (χ1n) is 7.30. The molecule has 2 rings (SSSR count). The summed E-state index contributed by atoms with van der Waals surface area (Å²) in [6.07, 6.45) is 1.93. The first-order valence-corrected chi connectivity index (χ1v) is 7.30. The highest BCUT2D eigenvalue weighted by Crippen LogP contribution is 2.16. The highest BCUT2D eigenvalue weighted by atomic mass is 19.1. The maximum absolute atomic E-state index is 13.5. The minimum Gasteiger partial charge on any atom is -0.478 e. The van der Waals surface area contributed by atoms with Crippen molar-refractivity contribution in [1.29, 1.82) is 0 Å². The average Bonchev–Trinajstić information content (AvgIpc) is 2.60. The number of para-hydroxylation sites is 1. The van der Waals surface area contributed by atoms with Gasteiger partial charge < -0.3 is 4.74 Å². The molecular weight excluding hydrogens is 311 g/mol. The van der Waals surface area contributed by atoms with Crippen molar-refractivity contribution in [3.63, 3.8) is 0 Å². The summed E-state index contributed by atoms with van der Waals surface area (Å²) >= 11 is 0. The molecule has 0 radical (unpaired) electrons. The van der Waals surface area contributed by atoms with Crippen molar-refractivity contribution in [1.82, 2.24) is 10.9 Å². The molecule has 0 aromatic heterocycles. The fourth-order valence-corrected chi connectivity index (χ4v) is 1.79. The van der Waals surface area contributed by atoms with E-state index in [1.165, 1.54) is 31.2 Å². The van der Waals surface area contributed by atoms with Gasteiger partial charge in [-0.15, -0.1) is 0 Å². The Kier molecular flexibility index (Phi) is 6.08. The standard InChI is InChI=1S/C18H17FN2O3/c1-13(24-16-10-6-5-9-15(16)19)18(23)21-20-17(22)12-11-14-7-3-2-4-8-14/h2-13H,1H3,(H,20,22)(H,21,23)/b12-11+/t13-/m0/s1. The van der Waals surface area contributed by atoms with Crippen molar-refractivity contribution in [2.45, 2.75) is 13.0 Å². The number of amides is 2. The van der Waals surface area contributed by atoms with Crippen molar-refractivity contribution in [3.05, 3.63) is 72.1 Å². The van der Waals surface area contributed by atoms with Gasteiger partial charge >= 0.3 is 0 Å². The molecule has 1 atom stereocenters. The van der Waals surface area contributed by atoms with Crippen LogP contribution < -0.4 is 15.6 Å². The molecule has 0 saturated heterocycles. The number of benzene rings is 2. The molecule has 2 amide bonds. The van der Waals surface area contributed by atoms with Crippen molar-refractivity contribution < 1.29 is 18.7 Å². The van der Waals surface area contributed by atoms with Gasteiger partial charge in [-0.05, 0) is 30.7 Å². The van der Waals surface area contributed by atoms with Gasteiger partial charge in [-0.2, -0.15) is 0 Å². The fourth-order valence-electron chi connectivity index (χ4n) is 1.79. The van der Waals surface area contributed by atoms with Gasteiger partial charge in [0.15, 0.2) is 17.7 Å². The van der Waals surface area contributed by atoms with Crippen LogP contribution in [0.5, 0.6) is 5.75 Å². The summed E-state index contributed by atoms with van der Waals surface area (Å²) in [4.78, 5) is 23.5. The monoisotopic (exact) mass is 328 g/mol. The average molecular weight is 328 g/mol. The predicted octanol–water partition coefficient (Wildman–Crippen LogP) is 2.45. The van der Waals surface area contributed by atoms with E-state index in [0.29, 0.717) is 0 Å². The van der Waals surface area contributed by atoms with Crippen molar-refractivity contribution in [2.75, 3.05) is 0 Å². The lowest BCUT2D eigenvalue weighted by atomic mass is 10.2. The van der Waals surface area contributed by atoms with Crippen LogP contribution in [0.4, 0.5) is 4.39 Å². The summed E-state index contributed by atoms with van der Waals surface area (Å²) in [6, 6.07) is 15.0. The Morgan fingerprint density at radius 3 is 2.42 bits per heavy atom. The van der Waals surface area contributed by atoms with Crippen LogP contribution in [0.1, 0.15) is 12.5 Å². The zero-order valence-corrected chi connectivity index (χ0v) is 13.0. The maximum Gasteiger partial charge on any atom is 0.279 e. The van der Waals surface area contributed by atoms with Crippen LogP contribution in [0, 0.1) is 5.82 Å². The van der Waals surface area contributed by atoms with Crippen molar-refractivity contribution in [2.24, 2.45) is 0 Å². The fraction of sp³-hybridized carbons (Fsp3) is 0.111. The Hall–Kier alpha value is -3.15. The number of hydrazine groups is 1. The topological polar surface area (TPSA) is 67.4 Å². The van der Waals surface area contributed by atoms with Gasteiger partial charge in [0.2, 0.25) is 0 Å². The minimum atomic E-state index is -0.972. The normalized spacial score (nSPS) is 11.8. The van der Waals surface area contributed by atoms with E-state index in [4.69, 9.17) is 4.74 Å². The maximum atomic E-state index is 13.5. The first-order chi connectivity index (χ1) is 11.6. The molecule has 24 heavy (non-hydrogen) atoms. The highest BCUT2D eigenvalue weighted by molar-refractivity contribution is 5.93. The molecule has 0 spiro atoms. The van der Waals surface area contributed by atoms with Crippen molar-refractivity contribution in [3.8, 4) is 5.75 Å². The Bertz CT molecular complexity index is 732. The molecular formula is C18H17FN2O3. The third-order valence-electron chi connectivity index (χ3n) is 3.05. The summed E-state index contributed by atoms with van der Waals surface area (Å²) in [5, 5.41) is 0. The first kappa shape index (κ1) is 17.2. The number of hydrogen-bond acceptors (Lipinski definition) is 3. The molecule has 0 aliphatic rings. The van der Waals surface area contributed by atoms with Crippen LogP contribution in [-0.2, 0) is 9.59 Å². The van der Waals surface area contributed by atoms with Crippen molar-refractivity contribution >= 4 is 17.9 Å². The van der Waals surface area contributed by atoms with E-state index in [-0.39, 0.29) is 5.75 Å². The Balaban J connectivity index is 1.80. The van der Waals surface area contributed by atoms with E-state index < -0.39 is 23.7 Å². The molecule has 0 heterocycles. The summed E-state index contributed by atoms with van der Waals surface area (Å²) in [6.45, 7) is 1.45. The predicted molar refractivity (Wildman–Crippen MR) is 88.3 cm³/mol. The van der Waals surface area contributed by atoms with E-state index in [1.807, 2.05) is 30.3 Å². The number of ether oxygens (including phenoxy) is 1. The number of carbonyl (C=O) groups is 2. The van der Waals surface area contributed by atoms with E-state index >= 15 is 0 Å². The minimum absolute atomic E-state index is 0.0320. The molecule has 0 saturated carbocycles. The van der Waals surface area contributed by atoms with Crippen LogP contribution in [0.25, 0.3) is 6.08 Å². The van der Waals surface area contributed by atoms with Crippen LogP contribution in [0.3, 0.4) is 0 Å². The molecule has 6 heteroatoms. The van der Waals surface area contributed by atoms with E-state index in [0.717, 1.165) is 5.56 Å². The van der Waals surface area contributed by atoms with Gasteiger partial charge in [0.05, 0.1) is 0 Å². The Labute approximate surface area is 139 Å². The third-order valence-corrected chi connectivity index (χ3v) is 3.05. The van der Waals surface area contributed by atoms with E-state index in [2.05, 4.69) is 10.9 Å². The summed E-state index contributed by atoms with van der Waals surface area (Å²) in [5.41, 5.74) is 5.31. The molecule has 0 bridgehead atoms. The van der Waals surface area contributed by atoms with E-state index in [9.17, 15) is 14.0 Å². The number of carbonyl (C=O) groups excluding carboxylic acids is 2. The number of hydrogen-bond donors (Lipinski definition) is 2. The SMILES string of the molecule is C[C@H](Oc1ccccc1F)C(=O)NNC(=O)/C=C/c1ccccc1. The Morgan fingerprint density at radius 1 is 1.04 bits per heavy atom. The lowest BCUT2D eigenvalue weighted by Gasteiger charge is -2.15. The molecule has 0 fully saturated rings. The molecule has 2 aromatic rings. The van der Waals surface area contributed by atoms with Crippen LogP contribution in [0.2, 0.25) is 0 Å². The summed E-state index contributed by atoms with van der Waals surface area (Å²) in [5.74, 6) is -1.69. The van der Waals surface area contributed by atoms with Crippen LogP contribution in [0.15, 0.2) is 60.7 Å². The molecule has 2 aromatic carbocycles. The summed E-state index contributed by atoms with van der Waals surface area (Å²) in [7, 11) is 0. The second kappa shape index (κ2) is 8.47. The quantitative estimate of drug-likeness (QED) is 0.654. The highest BCUT2D eigenvalue weighted by Gasteiger charge is 2.16. The second-order valence-corrected chi connectivity index (χ2v) is 4.91. The Morgan fingerprint density at radius 2 is 1.71 bits per heavy atom. The number of halogens is 1. The lowest BCUT2D eigenvalue weighted by molar-refractivity contribution is -0.131. The van der Waals surface area contributed by atoms with Gasteiger partial charge in [-0.1, -0.05) is 42.5 Å². The van der Waals surface area contributed by atoms with Gasteiger partial charge in [-0.25, -0.2) is 4.39 Å². The smallest absolute Gasteiger partial charge is 0.279 e. The molecule has 2 N–H and O–H groups in total. The van der Waals surface area contributed by atoms with Gasteiger partial charge in [0.1, 0.15) is 0 Å². The molecule has 5 nitrogen and oxygen atoms in total. The van der Waals surface area contributed by atoms with Crippen LogP contribution in [-0.4, -0.2) is 17.9 Å². The molecule has 0 aliphatic carbocycles. The number of rotatable bonds is 5. The summed E-state index contributed by atoms with van der Waals surface area (Å²) < 4.78 is 18.7. The number of nitrogens with one attached hydrogen (secondary N) is 2. The molecule has 0 aliphatic heterocycles.